The fourth-order valence-corrected chi connectivity index (χ4v) is 4.81. The number of ether oxygens (including phenoxy) is 2. The standard InChI is InChI=1S/C20H21N3O5S/c24-20(22-21-14-15-6-7-18-19(12-15)28-11-10-27-18)16-4-3-5-17(13-16)29(25,26)23-8-1-2-9-23/h3-7,12-14H,1-2,8-11H2,(H,22,24)/b21-14+. The zero-order valence-electron chi connectivity index (χ0n) is 15.7. The highest BCUT2D eigenvalue weighted by atomic mass is 32.2. The molecule has 4 rings (SSSR count). The van der Waals surface area contributed by atoms with Crippen LogP contribution in [0.15, 0.2) is 52.5 Å². The van der Waals surface area contributed by atoms with Crippen LogP contribution in [0.25, 0.3) is 0 Å². The number of carbonyl (C=O) groups excluding carboxylic acids is 1. The summed E-state index contributed by atoms with van der Waals surface area (Å²) < 4.78 is 37.8. The number of sulfonamides is 1. The molecule has 9 heteroatoms. The molecule has 0 atom stereocenters. The van der Waals surface area contributed by atoms with E-state index in [0.717, 1.165) is 18.4 Å². The Morgan fingerprint density at radius 2 is 1.79 bits per heavy atom. The Balaban J connectivity index is 1.44. The normalized spacial score (nSPS) is 16.8. The van der Waals surface area contributed by atoms with Crippen molar-refractivity contribution in [1.82, 2.24) is 9.73 Å². The Kier molecular flexibility index (Phi) is 5.50. The summed E-state index contributed by atoms with van der Waals surface area (Å²) in [7, 11) is -3.58. The number of nitrogens with one attached hydrogen (secondary N) is 1. The van der Waals surface area contributed by atoms with Crippen molar-refractivity contribution >= 4 is 22.1 Å². The minimum Gasteiger partial charge on any atom is -0.486 e. The number of hydrogen-bond acceptors (Lipinski definition) is 6. The molecule has 152 valence electrons. The van der Waals surface area contributed by atoms with E-state index in [0.29, 0.717) is 37.8 Å². The van der Waals surface area contributed by atoms with Crippen molar-refractivity contribution in [3.05, 3.63) is 53.6 Å². The Morgan fingerprint density at radius 3 is 2.59 bits per heavy atom. The van der Waals surface area contributed by atoms with Crippen LogP contribution < -0.4 is 14.9 Å². The van der Waals surface area contributed by atoms with Crippen LogP contribution >= 0.6 is 0 Å². The van der Waals surface area contributed by atoms with E-state index in [1.54, 1.807) is 30.3 Å². The Labute approximate surface area is 169 Å². The summed E-state index contributed by atoms with van der Waals surface area (Å²) in [6, 6.07) is 11.3. The summed E-state index contributed by atoms with van der Waals surface area (Å²) in [4.78, 5) is 12.5. The molecule has 2 aliphatic heterocycles. The second kappa shape index (κ2) is 8.22. The van der Waals surface area contributed by atoms with Crippen LogP contribution in [0.2, 0.25) is 0 Å². The lowest BCUT2D eigenvalue weighted by Gasteiger charge is -2.18. The second-order valence-corrected chi connectivity index (χ2v) is 8.68. The van der Waals surface area contributed by atoms with E-state index < -0.39 is 15.9 Å². The van der Waals surface area contributed by atoms with Crippen LogP contribution in [-0.4, -0.2) is 51.1 Å². The van der Waals surface area contributed by atoms with Crippen molar-refractivity contribution in [1.29, 1.82) is 0 Å². The van der Waals surface area contributed by atoms with Gasteiger partial charge >= 0.3 is 0 Å². The molecule has 2 aromatic rings. The van der Waals surface area contributed by atoms with Crippen LogP contribution in [0.4, 0.5) is 0 Å². The van der Waals surface area contributed by atoms with Crippen molar-refractivity contribution < 1.29 is 22.7 Å². The quantitative estimate of drug-likeness (QED) is 0.595. The van der Waals surface area contributed by atoms with Gasteiger partial charge in [-0.2, -0.15) is 9.41 Å². The van der Waals surface area contributed by atoms with E-state index in [2.05, 4.69) is 10.5 Å². The summed E-state index contributed by atoms with van der Waals surface area (Å²) in [5.74, 6) is 0.817. The molecular formula is C20H21N3O5S. The van der Waals surface area contributed by atoms with E-state index in [-0.39, 0.29) is 10.5 Å². The first-order valence-corrected chi connectivity index (χ1v) is 10.8. The molecule has 29 heavy (non-hydrogen) atoms. The van der Waals surface area contributed by atoms with E-state index in [4.69, 9.17) is 9.47 Å². The number of benzene rings is 2. The number of nitrogens with zero attached hydrogens (tertiary/aromatic N) is 2. The SMILES string of the molecule is O=C(N/N=C/c1ccc2c(c1)OCCO2)c1cccc(S(=O)(=O)N2CCCC2)c1. The molecule has 0 aromatic heterocycles. The molecule has 0 bridgehead atoms. The van der Waals surface area contributed by atoms with Crippen molar-refractivity contribution in [3.63, 3.8) is 0 Å². The largest absolute Gasteiger partial charge is 0.486 e. The second-order valence-electron chi connectivity index (χ2n) is 6.74. The van der Waals surface area contributed by atoms with Crippen LogP contribution in [0.3, 0.4) is 0 Å². The summed E-state index contributed by atoms with van der Waals surface area (Å²) in [5.41, 5.74) is 3.39. The minimum atomic E-state index is -3.58. The average molecular weight is 415 g/mol. The van der Waals surface area contributed by atoms with Crippen molar-refractivity contribution in [2.45, 2.75) is 17.7 Å². The van der Waals surface area contributed by atoms with E-state index >= 15 is 0 Å². The molecule has 2 aromatic carbocycles. The molecule has 0 aliphatic carbocycles. The predicted octanol–water partition coefficient (Wildman–Crippen LogP) is 2.01. The zero-order chi connectivity index (χ0) is 20.3. The molecule has 0 spiro atoms. The molecule has 0 radical (unpaired) electrons. The number of rotatable bonds is 5. The molecule has 2 heterocycles. The summed E-state index contributed by atoms with van der Waals surface area (Å²) >= 11 is 0. The van der Waals surface area contributed by atoms with Gasteiger partial charge in [-0.05, 0) is 54.8 Å². The van der Waals surface area contributed by atoms with Gasteiger partial charge in [0.2, 0.25) is 10.0 Å². The molecule has 2 aliphatic rings. The highest BCUT2D eigenvalue weighted by Crippen LogP contribution is 2.30. The third kappa shape index (κ3) is 4.25. The maximum Gasteiger partial charge on any atom is 0.271 e. The molecule has 0 saturated carbocycles. The first-order chi connectivity index (χ1) is 14.0. The van der Waals surface area contributed by atoms with Crippen molar-refractivity contribution in [3.8, 4) is 11.5 Å². The van der Waals surface area contributed by atoms with Crippen molar-refractivity contribution in [2.24, 2.45) is 5.10 Å². The van der Waals surface area contributed by atoms with Gasteiger partial charge in [0, 0.05) is 18.7 Å². The van der Waals surface area contributed by atoms with Crippen LogP contribution in [-0.2, 0) is 10.0 Å². The Bertz CT molecular complexity index is 1050. The highest BCUT2D eigenvalue weighted by molar-refractivity contribution is 7.89. The molecule has 8 nitrogen and oxygen atoms in total. The number of hydrazone groups is 1. The first-order valence-electron chi connectivity index (χ1n) is 9.37. The zero-order valence-corrected chi connectivity index (χ0v) is 16.5. The summed E-state index contributed by atoms with van der Waals surface area (Å²) in [6.07, 6.45) is 3.20. The maximum atomic E-state index is 12.7. The van der Waals surface area contributed by atoms with Gasteiger partial charge in [-0.1, -0.05) is 6.07 Å². The number of amides is 1. The van der Waals surface area contributed by atoms with Crippen molar-refractivity contribution in [2.75, 3.05) is 26.3 Å². The van der Waals surface area contributed by atoms with Gasteiger partial charge in [-0.25, -0.2) is 13.8 Å². The van der Waals surface area contributed by atoms with E-state index in [1.807, 2.05) is 0 Å². The predicted molar refractivity (Wildman–Crippen MR) is 107 cm³/mol. The number of fused-ring (bicyclic) bond motifs is 1. The van der Waals surface area contributed by atoms with Crippen LogP contribution in [0.1, 0.15) is 28.8 Å². The molecule has 1 N–H and O–H groups in total. The van der Waals surface area contributed by atoms with Gasteiger partial charge in [0.05, 0.1) is 11.1 Å². The third-order valence-electron chi connectivity index (χ3n) is 4.74. The van der Waals surface area contributed by atoms with Gasteiger partial charge < -0.3 is 9.47 Å². The first kappa shape index (κ1) is 19.4. The monoisotopic (exact) mass is 415 g/mol. The third-order valence-corrected chi connectivity index (χ3v) is 6.64. The lowest BCUT2D eigenvalue weighted by atomic mass is 10.2. The molecule has 0 unspecified atom stereocenters. The van der Waals surface area contributed by atoms with E-state index in [9.17, 15) is 13.2 Å². The molecule has 1 amide bonds. The minimum absolute atomic E-state index is 0.114. The van der Waals surface area contributed by atoms with E-state index in [1.165, 1.54) is 22.7 Å². The number of carbonyl (C=O) groups is 1. The Hall–Kier alpha value is -2.91. The fraction of sp³-hybridized carbons (Fsp3) is 0.300. The van der Waals surface area contributed by atoms with Gasteiger partial charge in [0.15, 0.2) is 11.5 Å². The summed E-state index contributed by atoms with van der Waals surface area (Å²) in [5, 5.41) is 3.96. The smallest absolute Gasteiger partial charge is 0.271 e. The maximum absolute atomic E-state index is 12.7. The number of hydrogen-bond donors (Lipinski definition) is 1. The summed E-state index contributed by atoms with van der Waals surface area (Å²) in [6.45, 7) is 2.03. The van der Waals surface area contributed by atoms with Gasteiger partial charge in [0.25, 0.3) is 5.91 Å². The molecule has 1 fully saturated rings. The average Bonchev–Trinajstić information content (AvgIpc) is 3.29. The molecule has 1 saturated heterocycles. The molecular weight excluding hydrogens is 394 g/mol. The van der Waals surface area contributed by atoms with Gasteiger partial charge in [-0.15, -0.1) is 0 Å². The highest BCUT2D eigenvalue weighted by Gasteiger charge is 2.27. The fourth-order valence-electron chi connectivity index (χ4n) is 3.25. The van der Waals surface area contributed by atoms with Crippen LogP contribution in [0.5, 0.6) is 11.5 Å². The van der Waals surface area contributed by atoms with Crippen LogP contribution in [0, 0.1) is 0 Å². The topological polar surface area (TPSA) is 97.3 Å². The Morgan fingerprint density at radius 1 is 1.03 bits per heavy atom. The van der Waals surface area contributed by atoms with Gasteiger partial charge in [0.1, 0.15) is 13.2 Å². The van der Waals surface area contributed by atoms with Gasteiger partial charge in [-0.3, -0.25) is 4.79 Å². The lowest BCUT2D eigenvalue weighted by Crippen LogP contribution is -2.28. The lowest BCUT2D eigenvalue weighted by molar-refractivity contribution is 0.0955.